The number of thioether (sulfide) groups is 1. The summed E-state index contributed by atoms with van der Waals surface area (Å²) in [6.45, 7) is 1.49. The van der Waals surface area contributed by atoms with E-state index in [0.717, 1.165) is 11.1 Å². The number of ketones is 1. The van der Waals surface area contributed by atoms with Crippen LogP contribution < -0.4 is 5.32 Å². The van der Waals surface area contributed by atoms with Gasteiger partial charge in [0, 0.05) is 25.0 Å². The summed E-state index contributed by atoms with van der Waals surface area (Å²) in [5.74, 6) is 0.547. The molecule has 2 aromatic heterocycles. The average Bonchev–Trinajstić information content (AvgIpc) is 3.07. The fourth-order valence-corrected chi connectivity index (χ4v) is 3.42. The number of aromatic nitrogens is 4. The lowest BCUT2D eigenvalue weighted by Gasteiger charge is -2.16. The second-order valence-corrected chi connectivity index (χ2v) is 7.26. The van der Waals surface area contributed by atoms with Crippen LogP contribution in [0.15, 0.2) is 60.0 Å². The van der Waals surface area contributed by atoms with Crippen LogP contribution in [-0.4, -0.2) is 43.2 Å². The highest BCUT2D eigenvalue weighted by molar-refractivity contribution is 7.99. The minimum atomic E-state index is -0.541. The lowest BCUT2D eigenvalue weighted by Crippen LogP contribution is -2.42. The molecule has 0 fully saturated rings. The number of carbonyl (C=O) groups is 2. The standard InChI is InChI=1S/C20H21N5O2S/c1-14(26)17(11-15-7-4-3-5-8-15)22-18(27)13-28-20-24-23-19(25(20)2)16-9-6-10-21-12-16/h3-10,12,17H,11,13H2,1-2H3,(H,22,27)/t17-/m0/s1. The molecular formula is C20H21N5O2S. The number of rotatable bonds is 8. The van der Waals surface area contributed by atoms with E-state index in [1.807, 2.05) is 54.1 Å². The lowest BCUT2D eigenvalue weighted by atomic mass is 10.0. The Kier molecular flexibility index (Phi) is 6.54. The molecule has 0 aliphatic carbocycles. The van der Waals surface area contributed by atoms with Crippen LogP contribution >= 0.6 is 11.8 Å². The number of hydrogen-bond acceptors (Lipinski definition) is 6. The van der Waals surface area contributed by atoms with E-state index in [1.165, 1.54) is 18.7 Å². The molecule has 28 heavy (non-hydrogen) atoms. The van der Waals surface area contributed by atoms with Crippen LogP contribution in [0.25, 0.3) is 11.4 Å². The predicted molar refractivity (Wildman–Crippen MR) is 108 cm³/mol. The molecule has 1 aromatic carbocycles. The van der Waals surface area contributed by atoms with Gasteiger partial charge in [0.25, 0.3) is 0 Å². The molecular weight excluding hydrogens is 374 g/mol. The Morgan fingerprint density at radius 3 is 2.61 bits per heavy atom. The van der Waals surface area contributed by atoms with Gasteiger partial charge in [-0.2, -0.15) is 0 Å². The van der Waals surface area contributed by atoms with E-state index in [0.29, 0.717) is 17.4 Å². The largest absolute Gasteiger partial charge is 0.345 e. The minimum Gasteiger partial charge on any atom is -0.345 e. The second-order valence-electron chi connectivity index (χ2n) is 6.32. The fourth-order valence-electron chi connectivity index (χ4n) is 2.70. The predicted octanol–water partition coefficient (Wildman–Crippen LogP) is 2.29. The minimum absolute atomic E-state index is 0.0697. The number of amides is 1. The van der Waals surface area contributed by atoms with Gasteiger partial charge in [0.05, 0.1) is 11.8 Å². The van der Waals surface area contributed by atoms with Crippen LogP contribution in [0.2, 0.25) is 0 Å². The van der Waals surface area contributed by atoms with E-state index in [2.05, 4.69) is 20.5 Å². The summed E-state index contributed by atoms with van der Waals surface area (Å²) in [6, 6.07) is 12.8. The second kappa shape index (κ2) is 9.27. The first kappa shape index (κ1) is 19.8. The Morgan fingerprint density at radius 1 is 1.14 bits per heavy atom. The lowest BCUT2D eigenvalue weighted by molar-refractivity contribution is -0.125. The van der Waals surface area contributed by atoms with Gasteiger partial charge in [-0.05, 0) is 31.0 Å². The van der Waals surface area contributed by atoms with Gasteiger partial charge in [-0.1, -0.05) is 42.1 Å². The number of hydrogen-bond donors (Lipinski definition) is 1. The van der Waals surface area contributed by atoms with Crippen molar-refractivity contribution in [3.05, 3.63) is 60.4 Å². The van der Waals surface area contributed by atoms with E-state index in [9.17, 15) is 9.59 Å². The number of nitrogens with one attached hydrogen (secondary N) is 1. The molecule has 3 rings (SSSR count). The van der Waals surface area contributed by atoms with Gasteiger partial charge in [0.2, 0.25) is 5.91 Å². The van der Waals surface area contributed by atoms with Crippen molar-refractivity contribution < 1.29 is 9.59 Å². The SMILES string of the molecule is CC(=O)[C@H](Cc1ccccc1)NC(=O)CSc1nnc(-c2cccnc2)n1C. The molecule has 1 atom stereocenters. The number of pyridine rings is 1. The molecule has 1 N–H and O–H groups in total. The van der Waals surface area contributed by atoms with Gasteiger partial charge in [0.15, 0.2) is 16.8 Å². The van der Waals surface area contributed by atoms with E-state index >= 15 is 0 Å². The maximum atomic E-state index is 12.4. The van der Waals surface area contributed by atoms with E-state index in [-0.39, 0.29) is 17.4 Å². The highest BCUT2D eigenvalue weighted by Crippen LogP contribution is 2.21. The van der Waals surface area contributed by atoms with Crippen molar-refractivity contribution in [3.8, 4) is 11.4 Å². The number of benzene rings is 1. The van der Waals surface area contributed by atoms with E-state index in [1.54, 1.807) is 12.4 Å². The van der Waals surface area contributed by atoms with Crippen LogP contribution in [0.4, 0.5) is 0 Å². The van der Waals surface area contributed by atoms with Crippen molar-refractivity contribution in [1.29, 1.82) is 0 Å². The molecule has 1 amide bonds. The van der Waals surface area contributed by atoms with Crippen molar-refractivity contribution in [2.45, 2.75) is 24.5 Å². The first-order valence-electron chi connectivity index (χ1n) is 8.81. The maximum Gasteiger partial charge on any atom is 0.231 e. The van der Waals surface area contributed by atoms with Crippen LogP contribution in [-0.2, 0) is 23.1 Å². The van der Waals surface area contributed by atoms with Gasteiger partial charge in [0.1, 0.15) is 0 Å². The molecule has 7 nitrogen and oxygen atoms in total. The molecule has 144 valence electrons. The average molecular weight is 395 g/mol. The molecule has 0 aliphatic heterocycles. The Hall–Kier alpha value is -3.00. The Morgan fingerprint density at radius 2 is 1.93 bits per heavy atom. The molecule has 0 unspecified atom stereocenters. The third-order valence-electron chi connectivity index (χ3n) is 4.20. The Bertz CT molecular complexity index is 944. The van der Waals surface area contributed by atoms with Crippen molar-refractivity contribution in [2.24, 2.45) is 7.05 Å². The summed E-state index contributed by atoms with van der Waals surface area (Å²) in [5, 5.41) is 11.8. The van der Waals surface area contributed by atoms with Crippen LogP contribution in [0.5, 0.6) is 0 Å². The molecule has 0 spiro atoms. The Labute approximate surface area is 167 Å². The normalized spacial score (nSPS) is 11.8. The van der Waals surface area contributed by atoms with Crippen LogP contribution in [0.3, 0.4) is 0 Å². The molecule has 3 aromatic rings. The molecule has 0 saturated heterocycles. The molecule has 0 saturated carbocycles. The third-order valence-corrected chi connectivity index (χ3v) is 5.22. The van der Waals surface area contributed by atoms with Crippen molar-refractivity contribution in [3.63, 3.8) is 0 Å². The topological polar surface area (TPSA) is 89.8 Å². The Balaban J connectivity index is 1.59. The monoisotopic (exact) mass is 395 g/mol. The van der Waals surface area contributed by atoms with Crippen molar-refractivity contribution in [1.82, 2.24) is 25.1 Å². The highest BCUT2D eigenvalue weighted by atomic mass is 32.2. The van der Waals surface area contributed by atoms with Gasteiger partial charge < -0.3 is 9.88 Å². The number of nitrogens with zero attached hydrogens (tertiary/aromatic N) is 4. The summed E-state index contributed by atoms with van der Waals surface area (Å²) >= 11 is 1.28. The van der Waals surface area contributed by atoms with Crippen LogP contribution in [0.1, 0.15) is 12.5 Å². The summed E-state index contributed by atoms with van der Waals surface area (Å²) in [4.78, 5) is 28.4. The molecule has 8 heteroatoms. The summed E-state index contributed by atoms with van der Waals surface area (Å²) in [6.07, 6.45) is 3.88. The van der Waals surface area contributed by atoms with E-state index < -0.39 is 6.04 Å². The zero-order valence-electron chi connectivity index (χ0n) is 15.7. The fraction of sp³-hybridized carbons (Fsp3) is 0.250. The molecule has 0 radical (unpaired) electrons. The smallest absolute Gasteiger partial charge is 0.231 e. The van der Waals surface area contributed by atoms with Gasteiger partial charge in [-0.3, -0.25) is 14.6 Å². The maximum absolute atomic E-state index is 12.4. The molecule has 2 heterocycles. The van der Waals surface area contributed by atoms with E-state index in [4.69, 9.17) is 0 Å². The third kappa shape index (κ3) is 5.04. The number of Topliss-reactive ketones (excluding diaryl/α,β-unsaturated/α-hetero) is 1. The van der Waals surface area contributed by atoms with Crippen molar-refractivity contribution in [2.75, 3.05) is 5.75 Å². The molecule has 0 aliphatic rings. The zero-order chi connectivity index (χ0) is 19.9. The van der Waals surface area contributed by atoms with Crippen LogP contribution in [0, 0.1) is 0 Å². The van der Waals surface area contributed by atoms with Gasteiger partial charge >= 0.3 is 0 Å². The molecule has 0 bridgehead atoms. The summed E-state index contributed by atoms with van der Waals surface area (Å²) < 4.78 is 1.82. The highest BCUT2D eigenvalue weighted by Gasteiger charge is 2.19. The van der Waals surface area contributed by atoms with Gasteiger partial charge in [-0.15, -0.1) is 10.2 Å². The zero-order valence-corrected chi connectivity index (χ0v) is 16.5. The van der Waals surface area contributed by atoms with Crippen molar-refractivity contribution >= 4 is 23.5 Å². The first-order chi connectivity index (χ1) is 13.5. The summed E-state index contributed by atoms with van der Waals surface area (Å²) in [5.41, 5.74) is 1.86. The summed E-state index contributed by atoms with van der Waals surface area (Å²) in [7, 11) is 1.84. The quantitative estimate of drug-likeness (QED) is 0.589. The van der Waals surface area contributed by atoms with Gasteiger partial charge in [-0.25, -0.2) is 0 Å². The number of carbonyl (C=O) groups excluding carboxylic acids is 2. The first-order valence-corrected chi connectivity index (χ1v) is 9.79.